The number of aryl methyl sites for hydroxylation is 1. The van der Waals surface area contributed by atoms with E-state index in [4.69, 9.17) is 16.7 Å². The van der Waals surface area contributed by atoms with Gasteiger partial charge in [-0.3, -0.25) is 9.59 Å². The number of amides is 1. The Morgan fingerprint density at radius 2 is 1.83 bits per heavy atom. The molecule has 0 aliphatic heterocycles. The number of nitrogens with one attached hydrogen (secondary N) is 1. The first-order valence-corrected chi connectivity index (χ1v) is 8.11. The fourth-order valence-electron chi connectivity index (χ4n) is 2.58. The van der Waals surface area contributed by atoms with Gasteiger partial charge in [0.2, 0.25) is 5.91 Å². The van der Waals surface area contributed by atoms with E-state index >= 15 is 0 Å². The van der Waals surface area contributed by atoms with E-state index in [1.807, 2.05) is 43.3 Å². The summed E-state index contributed by atoms with van der Waals surface area (Å²) < 4.78 is 0. The number of aliphatic carboxylic acids is 1. The number of rotatable bonds is 7. The highest BCUT2D eigenvalue weighted by Gasteiger charge is 2.17. The fourth-order valence-corrected chi connectivity index (χ4v) is 2.70. The summed E-state index contributed by atoms with van der Waals surface area (Å²) in [6.07, 6.45) is 0.559. The highest BCUT2D eigenvalue weighted by Crippen LogP contribution is 2.13. The number of hydrogen-bond acceptors (Lipinski definition) is 2. The molecule has 0 saturated heterocycles. The van der Waals surface area contributed by atoms with Crippen LogP contribution in [0.5, 0.6) is 0 Å². The molecule has 126 valence electrons. The molecule has 0 radical (unpaired) electrons. The second kappa shape index (κ2) is 8.50. The maximum atomic E-state index is 12.2. The summed E-state index contributed by atoms with van der Waals surface area (Å²) in [6.45, 7) is 1.97. The number of carbonyl (C=O) groups excluding carboxylic acids is 1. The lowest BCUT2D eigenvalue weighted by molar-refractivity contribution is -0.137. The zero-order valence-electron chi connectivity index (χ0n) is 13.5. The molecule has 0 spiro atoms. The van der Waals surface area contributed by atoms with Crippen LogP contribution in [0, 0.1) is 6.92 Å². The van der Waals surface area contributed by atoms with Crippen molar-refractivity contribution in [2.45, 2.75) is 32.2 Å². The first-order chi connectivity index (χ1) is 11.4. The minimum atomic E-state index is -0.940. The van der Waals surface area contributed by atoms with E-state index in [0.29, 0.717) is 11.4 Å². The van der Waals surface area contributed by atoms with Crippen LogP contribution in [0.4, 0.5) is 0 Å². The molecule has 2 rings (SSSR count). The van der Waals surface area contributed by atoms with Crippen LogP contribution >= 0.6 is 11.6 Å². The third kappa shape index (κ3) is 6.05. The molecule has 5 heteroatoms. The Morgan fingerprint density at radius 1 is 1.12 bits per heavy atom. The van der Waals surface area contributed by atoms with Gasteiger partial charge in [0.25, 0.3) is 0 Å². The molecule has 0 aromatic heterocycles. The predicted molar refractivity (Wildman–Crippen MR) is 94.2 cm³/mol. The van der Waals surface area contributed by atoms with Gasteiger partial charge in [0.05, 0.1) is 12.8 Å². The number of benzene rings is 2. The molecule has 0 saturated carbocycles. The van der Waals surface area contributed by atoms with Crippen LogP contribution in [0.2, 0.25) is 5.02 Å². The fraction of sp³-hybridized carbons (Fsp3) is 0.263. The first kappa shape index (κ1) is 18.0. The van der Waals surface area contributed by atoms with Crippen molar-refractivity contribution in [1.82, 2.24) is 5.32 Å². The van der Waals surface area contributed by atoms with Crippen LogP contribution < -0.4 is 5.32 Å². The van der Waals surface area contributed by atoms with Gasteiger partial charge in [-0.05, 0) is 36.6 Å². The Hall–Kier alpha value is -2.33. The smallest absolute Gasteiger partial charge is 0.305 e. The van der Waals surface area contributed by atoms with Crippen LogP contribution in [-0.2, 0) is 22.4 Å². The molecule has 1 amide bonds. The number of carbonyl (C=O) groups is 2. The summed E-state index contributed by atoms with van der Waals surface area (Å²) in [5.41, 5.74) is 2.93. The molecular weight excluding hydrogens is 326 g/mol. The van der Waals surface area contributed by atoms with Crippen molar-refractivity contribution in [3.05, 3.63) is 70.2 Å². The minimum absolute atomic E-state index is 0.123. The summed E-state index contributed by atoms with van der Waals surface area (Å²) in [5, 5.41) is 12.5. The maximum Gasteiger partial charge on any atom is 0.305 e. The summed E-state index contributed by atoms with van der Waals surface area (Å²) in [7, 11) is 0. The van der Waals surface area contributed by atoms with Gasteiger partial charge in [0.1, 0.15) is 0 Å². The Bertz CT molecular complexity index is 713. The average Bonchev–Trinajstić information content (AvgIpc) is 2.48. The molecule has 0 fully saturated rings. The van der Waals surface area contributed by atoms with Gasteiger partial charge >= 0.3 is 5.97 Å². The van der Waals surface area contributed by atoms with Gasteiger partial charge in [-0.15, -0.1) is 0 Å². The standard InChI is InChI=1S/C19H20ClNO3/c1-13-3-2-4-15(9-13)11-18(22)21-17(12-19(23)24)10-14-5-7-16(20)8-6-14/h2-9,17H,10-12H2,1H3,(H,21,22)(H,23,24)/t17-/m0/s1. The normalized spacial score (nSPS) is 11.8. The molecule has 0 bridgehead atoms. The molecular formula is C19H20ClNO3. The van der Waals surface area contributed by atoms with Gasteiger partial charge in [-0.25, -0.2) is 0 Å². The third-order valence-electron chi connectivity index (χ3n) is 3.63. The van der Waals surface area contributed by atoms with Crippen LogP contribution in [0.1, 0.15) is 23.1 Å². The van der Waals surface area contributed by atoms with E-state index in [2.05, 4.69) is 5.32 Å². The Balaban J connectivity index is 2.00. The minimum Gasteiger partial charge on any atom is -0.481 e. The van der Waals surface area contributed by atoms with Crippen LogP contribution in [0.15, 0.2) is 48.5 Å². The molecule has 24 heavy (non-hydrogen) atoms. The summed E-state index contributed by atoms with van der Waals surface area (Å²) in [5.74, 6) is -1.12. The molecule has 4 nitrogen and oxygen atoms in total. The SMILES string of the molecule is Cc1cccc(CC(=O)N[C@H](CC(=O)O)Cc2ccc(Cl)cc2)c1. The molecule has 2 N–H and O–H groups in total. The molecule has 0 aliphatic rings. The Labute approximate surface area is 146 Å². The van der Waals surface area contributed by atoms with E-state index in [1.54, 1.807) is 12.1 Å². The van der Waals surface area contributed by atoms with Gasteiger partial charge < -0.3 is 10.4 Å². The zero-order valence-corrected chi connectivity index (χ0v) is 14.2. The van der Waals surface area contributed by atoms with Gasteiger partial charge in [0, 0.05) is 11.1 Å². The molecule has 2 aromatic rings. The highest BCUT2D eigenvalue weighted by atomic mass is 35.5. The van der Waals surface area contributed by atoms with Crippen molar-refractivity contribution < 1.29 is 14.7 Å². The first-order valence-electron chi connectivity index (χ1n) is 7.73. The molecule has 0 unspecified atom stereocenters. The lowest BCUT2D eigenvalue weighted by atomic mass is 10.0. The third-order valence-corrected chi connectivity index (χ3v) is 3.88. The number of halogens is 1. The lowest BCUT2D eigenvalue weighted by Crippen LogP contribution is -2.38. The van der Waals surface area contributed by atoms with Crippen molar-refractivity contribution in [3.63, 3.8) is 0 Å². The van der Waals surface area contributed by atoms with Crippen molar-refractivity contribution in [2.24, 2.45) is 0 Å². The van der Waals surface area contributed by atoms with Crippen molar-refractivity contribution >= 4 is 23.5 Å². The Kier molecular flexibility index (Phi) is 6.38. The van der Waals surface area contributed by atoms with Crippen molar-refractivity contribution in [2.75, 3.05) is 0 Å². The van der Waals surface area contributed by atoms with Crippen LogP contribution in [-0.4, -0.2) is 23.0 Å². The summed E-state index contributed by atoms with van der Waals surface area (Å²) in [6, 6.07) is 14.4. The number of carboxylic acid groups (broad SMARTS) is 1. The lowest BCUT2D eigenvalue weighted by Gasteiger charge is -2.17. The topological polar surface area (TPSA) is 66.4 Å². The van der Waals surface area contributed by atoms with Gasteiger partial charge in [0.15, 0.2) is 0 Å². The van der Waals surface area contributed by atoms with Crippen molar-refractivity contribution in [3.8, 4) is 0 Å². The van der Waals surface area contributed by atoms with E-state index in [9.17, 15) is 9.59 Å². The summed E-state index contributed by atoms with van der Waals surface area (Å²) in [4.78, 5) is 23.3. The monoisotopic (exact) mass is 345 g/mol. The van der Waals surface area contributed by atoms with E-state index in [-0.39, 0.29) is 18.7 Å². The molecule has 0 heterocycles. The predicted octanol–water partition coefficient (Wildman–Crippen LogP) is 3.39. The average molecular weight is 346 g/mol. The second-order valence-electron chi connectivity index (χ2n) is 5.86. The quantitative estimate of drug-likeness (QED) is 0.808. The van der Waals surface area contributed by atoms with E-state index in [0.717, 1.165) is 16.7 Å². The maximum absolute atomic E-state index is 12.2. The zero-order chi connectivity index (χ0) is 17.5. The largest absolute Gasteiger partial charge is 0.481 e. The van der Waals surface area contributed by atoms with Crippen LogP contribution in [0.3, 0.4) is 0 Å². The van der Waals surface area contributed by atoms with E-state index in [1.165, 1.54) is 0 Å². The Morgan fingerprint density at radius 3 is 2.46 bits per heavy atom. The number of hydrogen-bond donors (Lipinski definition) is 2. The van der Waals surface area contributed by atoms with Gasteiger partial charge in [-0.1, -0.05) is 53.6 Å². The van der Waals surface area contributed by atoms with Crippen LogP contribution in [0.25, 0.3) is 0 Å². The van der Waals surface area contributed by atoms with Crippen molar-refractivity contribution in [1.29, 1.82) is 0 Å². The summed E-state index contributed by atoms with van der Waals surface area (Å²) >= 11 is 5.86. The highest BCUT2D eigenvalue weighted by molar-refractivity contribution is 6.30. The number of carboxylic acids is 1. The molecule has 2 aromatic carbocycles. The second-order valence-corrected chi connectivity index (χ2v) is 6.30. The molecule has 1 atom stereocenters. The van der Waals surface area contributed by atoms with Gasteiger partial charge in [-0.2, -0.15) is 0 Å². The molecule has 0 aliphatic carbocycles. The van der Waals surface area contributed by atoms with E-state index < -0.39 is 12.0 Å².